The first-order chi connectivity index (χ1) is 8.56. The monoisotopic (exact) mass is 291 g/mol. The molecule has 1 fully saturated rings. The van der Waals surface area contributed by atoms with Gasteiger partial charge in [0.15, 0.2) is 0 Å². The van der Waals surface area contributed by atoms with Gasteiger partial charge in [-0.2, -0.15) is 0 Å². The number of rotatable bonds is 6. The Balaban J connectivity index is 0.00000324. The zero-order valence-corrected chi connectivity index (χ0v) is 12.9. The fraction of sp³-hybridized carbons (Fsp3) is 0.846. The van der Waals surface area contributed by atoms with Gasteiger partial charge in [-0.05, 0) is 26.8 Å². The maximum absolute atomic E-state index is 12.0. The first-order valence-electron chi connectivity index (χ1n) is 6.76. The van der Waals surface area contributed by atoms with Crippen LogP contribution < -0.4 is 10.6 Å². The molecule has 0 aromatic heterocycles. The number of nitrogens with zero attached hydrogens (tertiary/aromatic N) is 1. The standard InChI is InChI=1S/C13H25N3O2.ClH/c1-10(13(18)16(3)9-8-14-2)15-12(17)11-6-4-5-7-11;/h10-11,14H,4-9H2,1-3H3,(H,15,17);1H. The van der Waals surface area contributed by atoms with Gasteiger partial charge in [0.05, 0.1) is 0 Å². The fourth-order valence-electron chi connectivity index (χ4n) is 2.30. The van der Waals surface area contributed by atoms with Crippen molar-refractivity contribution >= 4 is 24.2 Å². The third-order valence-corrected chi connectivity index (χ3v) is 3.53. The van der Waals surface area contributed by atoms with E-state index >= 15 is 0 Å². The van der Waals surface area contributed by atoms with Crippen LogP contribution in [0.1, 0.15) is 32.6 Å². The van der Waals surface area contributed by atoms with E-state index < -0.39 is 6.04 Å². The number of nitrogens with one attached hydrogen (secondary N) is 2. The molecule has 1 aliphatic rings. The molecular formula is C13H26ClN3O2. The number of hydrogen-bond acceptors (Lipinski definition) is 3. The molecule has 0 aliphatic heterocycles. The van der Waals surface area contributed by atoms with Crippen LogP contribution in [0.4, 0.5) is 0 Å². The molecular weight excluding hydrogens is 266 g/mol. The zero-order chi connectivity index (χ0) is 13.5. The van der Waals surface area contributed by atoms with E-state index in [9.17, 15) is 9.59 Å². The second-order valence-corrected chi connectivity index (χ2v) is 5.08. The lowest BCUT2D eigenvalue weighted by atomic mass is 10.1. The average molecular weight is 292 g/mol. The van der Waals surface area contributed by atoms with Gasteiger partial charge >= 0.3 is 0 Å². The summed E-state index contributed by atoms with van der Waals surface area (Å²) in [5, 5.41) is 5.83. The minimum absolute atomic E-state index is 0. The van der Waals surface area contributed by atoms with Crippen LogP contribution in [0.25, 0.3) is 0 Å². The van der Waals surface area contributed by atoms with E-state index in [4.69, 9.17) is 0 Å². The van der Waals surface area contributed by atoms with Gasteiger partial charge in [-0.3, -0.25) is 9.59 Å². The molecule has 0 aromatic carbocycles. The molecule has 1 unspecified atom stereocenters. The first kappa shape index (κ1) is 18.2. The van der Waals surface area contributed by atoms with Gasteiger partial charge in [0.2, 0.25) is 11.8 Å². The van der Waals surface area contributed by atoms with E-state index in [1.54, 1.807) is 18.9 Å². The number of hydrogen-bond donors (Lipinski definition) is 2. The highest BCUT2D eigenvalue weighted by Gasteiger charge is 2.26. The molecule has 1 rings (SSSR count). The Hall–Kier alpha value is -0.810. The fourth-order valence-corrected chi connectivity index (χ4v) is 2.30. The van der Waals surface area contributed by atoms with Crippen molar-refractivity contribution in [3.05, 3.63) is 0 Å². The number of halogens is 1. The van der Waals surface area contributed by atoms with Crippen LogP contribution in [0.15, 0.2) is 0 Å². The van der Waals surface area contributed by atoms with Crippen molar-refractivity contribution in [1.29, 1.82) is 0 Å². The summed E-state index contributed by atoms with van der Waals surface area (Å²) in [5.41, 5.74) is 0. The van der Waals surface area contributed by atoms with Gasteiger partial charge in [0, 0.05) is 26.1 Å². The summed E-state index contributed by atoms with van der Waals surface area (Å²) in [4.78, 5) is 25.5. The molecule has 0 saturated heterocycles. The second-order valence-electron chi connectivity index (χ2n) is 5.08. The molecule has 0 bridgehead atoms. The van der Waals surface area contributed by atoms with Gasteiger partial charge in [-0.1, -0.05) is 12.8 Å². The average Bonchev–Trinajstić information content (AvgIpc) is 2.88. The van der Waals surface area contributed by atoms with Crippen LogP contribution in [0.3, 0.4) is 0 Å². The summed E-state index contributed by atoms with van der Waals surface area (Å²) < 4.78 is 0. The Morgan fingerprint density at radius 2 is 1.89 bits per heavy atom. The number of amides is 2. The Labute approximate surface area is 121 Å². The molecule has 112 valence electrons. The SMILES string of the molecule is CNCCN(C)C(=O)C(C)NC(=O)C1CCCC1.Cl. The highest BCUT2D eigenvalue weighted by molar-refractivity contribution is 5.88. The van der Waals surface area contributed by atoms with Crippen LogP contribution in [0.5, 0.6) is 0 Å². The lowest BCUT2D eigenvalue weighted by Gasteiger charge is -2.23. The maximum Gasteiger partial charge on any atom is 0.244 e. The zero-order valence-electron chi connectivity index (χ0n) is 12.1. The number of carbonyl (C=O) groups excluding carboxylic acids is 2. The molecule has 2 amide bonds. The predicted molar refractivity (Wildman–Crippen MR) is 78.4 cm³/mol. The minimum Gasteiger partial charge on any atom is -0.344 e. The third kappa shape index (κ3) is 5.78. The predicted octanol–water partition coefficient (Wildman–Crippen LogP) is 0.781. The molecule has 2 N–H and O–H groups in total. The van der Waals surface area contributed by atoms with Crippen molar-refractivity contribution in [2.75, 3.05) is 27.2 Å². The van der Waals surface area contributed by atoms with E-state index in [0.717, 1.165) is 32.2 Å². The molecule has 0 spiro atoms. The molecule has 19 heavy (non-hydrogen) atoms. The van der Waals surface area contributed by atoms with Crippen molar-refractivity contribution in [2.24, 2.45) is 5.92 Å². The van der Waals surface area contributed by atoms with E-state index in [-0.39, 0.29) is 30.1 Å². The van der Waals surface area contributed by atoms with Gasteiger partial charge in [0.25, 0.3) is 0 Å². The Kier molecular flexibility index (Phi) is 8.76. The van der Waals surface area contributed by atoms with E-state index in [1.807, 2.05) is 7.05 Å². The third-order valence-electron chi connectivity index (χ3n) is 3.53. The van der Waals surface area contributed by atoms with Gasteiger partial charge in [-0.15, -0.1) is 12.4 Å². The number of carbonyl (C=O) groups is 2. The molecule has 1 aliphatic carbocycles. The Morgan fingerprint density at radius 1 is 1.32 bits per heavy atom. The van der Waals surface area contributed by atoms with Crippen LogP contribution >= 0.6 is 12.4 Å². The quantitative estimate of drug-likeness (QED) is 0.760. The molecule has 6 heteroatoms. The molecule has 5 nitrogen and oxygen atoms in total. The summed E-state index contributed by atoms with van der Waals surface area (Å²) in [6, 6.07) is -0.431. The molecule has 0 heterocycles. The maximum atomic E-state index is 12.0. The van der Waals surface area contributed by atoms with Crippen molar-refractivity contribution in [3.8, 4) is 0 Å². The molecule has 1 atom stereocenters. The normalized spacial score (nSPS) is 16.6. The van der Waals surface area contributed by atoms with Gasteiger partial charge < -0.3 is 15.5 Å². The van der Waals surface area contributed by atoms with E-state index in [2.05, 4.69) is 10.6 Å². The van der Waals surface area contributed by atoms with Crippen molar-refractivity contribution in [1.82, 2.24) is 15.5 Å². The van der Waals surface area contributed by atoms with Crippen molar-refractivity contribution in [2.45, 2.75) is 38.6 Å². The highest BCUT2D eigenvalue weighted by atomic mass is 35.5. The summed E-state index contributed by atoms with van der Waals surface area (Å²) in [6.07, 6.45) is 4.18. The minimum atomic E-state index is -0.431. The summed E-state index contributed by atoms with van der Waals surface area (Å²) in [7, 11) is 3.61. The lowest BCUT2D eigenvalue weighted by Crippen LogP contribution is -2.48. The Morgan fingerprint density at radius 3 is 2.42 bits per heavy atom. The van der Waals surface area contributed by atoms with Gasteiger partial charge in [-0.25, -0.2) is 0 Å². The lowest BCUT2D eigenvalue weighted by molar-refractivity contribution is -0.135. The summed E-state index contributed by atoms with van der Waals surface area (Å²) in [6.45, 7) is 3.16. The highest BCUT2D eigenvalue weighted by Crippen LogP contribution is 2.24. The van der Waals surface area contributed by atoms with Crippen LogP contribution in [0.2, 0.25) is 0 Å². The smallest absolute Gasteiger partial charge is 0.244 e. The van der Waals surface area contributed by atoms with E-state index in [1.165, 1.54) is 0 Å². The number of likely N-dealkylation sites (N-methyl/N-ethyl adjacent to an activating group) is 2. The summed E-state index contributed by atoms with van der Waals surface area (Å²) in [5.74, 6) is 0.120. The Bertz CT molecular complexity index is 294. The molecule has 1 saturated carbocycles. The van der Waals surface area contributed by atoms with Crippen molar-refractivity contribution < 1.29 is 9.59 Å². The largest absolute Gasteiger partial charge is 0.344 e. The first-order valence-corrected chi connectivity index (χ1v) is 6.76. The van der Waals surface area contributed by atoms with Crippen LogP contribution in [-0.4, -0.2) is 49.9 Å². The van der Waals surface area contributed by atoms with Crippen LogP contribution in [0, 0.1) is 5.92 Å². The van der Waals surface area contributed by atoms with E-state index in [0.29, 0.717) is 6.54 Å². The summed E-state index contributed by atoms with van der Waals surface area (Å²) >= 11 is 0. The molecule has 0 aromatic rings. The van der Waals surface area contributed by atoms with Gasteiger partial charge in [0.1, 0.15) is 6.04 Å². The molecule has 0 radical (unpaired) electrons. The second kappa shape index (κ2) is 9.15. The topological polar surface area (TPSA) is 61.4 Å². The van der Waals surface area contributed by atoms with Crippen molar-refractivity contribution in [3.63, 3.8) is 0 Å². The van der Waals surface area contributed by atoms with Crippen LogP contribution in [-0.2, 0) is 9.59 Å².